The summed E-state index contributed by atoms with van der Waals surface area (Å²) in [5.74, 6) is -0.326. The van der Waals surface area contributed by atoms with Crippen LogP contribution in [0.2, 0.25) is 0 Å². The molecule has 0 radical (unpaired) electrons. The Balaban J connectivity index is 1.75. The zero-order chi connectivity index (χ0) is 18.1. The highest BCUT2D eigenvalue weighted by Gasteiger charge is 2.13. The molecular weight excluding hydrogens is 335 g/mol. The zero-order valence-electron chi connectivity index (χ0n) is 14.4. The minimum absolute atomic E-state index is 0.159. The maximum absolute atomic E-state index is 14.0. The number of aromatic nitrogens is 2. The first kappa shape index (κ1) is 16.5. The van der Waals surface area contributed by atoms with Gasteiger partial charge in [-0.25, -0.2) is 9.37 Å². The van der Waals surface area contributed by atoms with Crippen LogP contribution in [-0.4, -0.2) is 42.7 Å². The van der Waals surface area contributed by atoms with E-state index in [0.29, 0.717) is 16.9 Å². The van der Waals surface area contributed by atoms with Gasteiger partial charge in [-0.1, -0.05) is 0 Å². The number of fused-ring (bicyclic) bond motifs is 1. The van der Waals surface area contributed by atoms with Gasteiger partial charge in [0.1, 0.15) is 5.65 Å². The van der Waals surface area contributed by atoms with Gasteiger partial charge in [0.2, 0.25) is 0 Å². The van der Waals surface area contributed by atoms with Crippen LogP contribution >= 0.6 is 0 Å². The van der Waals surface area contributed by atoms with E-state index in [1.165, 1.54) is 29.7 Å². The summed E-state index contributed by atoms with van der Waals surface area (Å²) in [6.45, 7) is 3.65. The van der Waals surface area contributed by atoms with Crippen LogP contribution in [0.4, 0.5) is 10.1 Å². The average molecular weight is 354 g/mol. The quantitative estimate of drug-likeness (QED) is 0.779. The third kappa shape index (κ3) is 3.01. The summed E-state index contributed by atoms with van der Waals surface area (Å²) < 4.78 is 20.4. The van der Waals surface area contributed by atoms with E-state index in [1.807, 2.05) is 18.3 Å². The molecule has 1 aliphatic heterocycles. The van der Waals surface area contributed by atoms with E-state index >= 15 is 0 Å². The highest BCUT2D eigenvalue weighted by Crippen LogP contribution is 2.24. The van der Waals surface area contributed by atoms with E-state index in [2.05, 4.69) is 15.2 Å². The van der Waals surface area contributed by atoms with Gasteiger partial charge < -0.3 is 15.0 Å². The Morgan fingerprint density at radius 1 is 1.15 bits per heavy atom. The normalized spacial score (nSPS) is 14.6. The van der Waals surface area contributed by atoms with Crippen molar-refractivity contribution in [3.05, 3.63) is 58.8 Å². The molecule has 134 valence electrons. The number of piperazine rings is 1. The van der Waals surface area contributed by atoms with Crippen LogP contribution in [0.15, 0.2) is 47.4 Å². The zero-order valence-corrected chi connectivity index (χ0v) is 14.4. The van der Waals surface area contributed by atoms with Crippen molar-refractivity contribution in [3.8, 4) is 17.0 Å². The Kier molecular flexibility index (Phi) is 4.30. The number of hydrogen-bond donors (Lipinski definition) is 1. The number of nitrogens with one attached hydrogen (secondary N) is 1. The lowest BCUT2D eigenvalue weighted by molar-refractivity contribution is 0.386. The van der Waals surface area contributed by atoms with E-state index < -0.39 is 5.82 Å². The van der Waals surface area contributed by atoms with Gasteiger partial charge in [0.05, 0.1) is 18.5 Å². The third-order valence-electron chi connectivity index (χ3n) is 4.57. The lowest BCUT2D eigenvalue weighted by Gasteiger charge is -2.29. The number of rotatable bonds is 3. The molecule has 0 atom stereocenters. The molecule has 1 saturated heterocycles. The van der Waals surface area contributed by atoms with Crippen molar-refractivity contribution in [2.75, 3.05) is 38.2 Å². The van der Waals surface area contributed by atoms with Crippen molar-refractivity contribution in [2.45, 2.75) is 0 Å². The van der Waals surface area contributed by atoms with Crippen molar-refractivity contribution in [1.82, 2.24) is 14.7 Å². The van der Waals surface area contributed by atoms with E-state index in [-0.39, 0.29) is 11.3 Å². The smallest absolute Gasteiger partial charge is 0.258 e. The highest BCUT2D eigenvalue weighted by molar-refractivity contribution is 5.63. The molecule has 0 amide bonds. The molecule has 3 aromatic rings. The van der Waals surface area contributed by atoms with Gasteiger partial charge in [0, 0.05) is 44.0 Å². The van der Waals surface area contributed by atoms with Crippen LogP contribution in [0.5, 0.6) is 5.75 Å². The molecule has 26 heavy (non-hydrogen) atoms. The number of anilines is 1. The van der Waals surface area contributed by atoms with Gasteiger partial charge in [0.15, 0.2) is 11.6 Å². The van der Waals surface area contributed by atoms with Crippen molar-refractivity contribution in [3.63, 3.8) is 0 Å². The van der Waals surface area contributed by atoms with Crippen LogP contribution in [0, 0.1) is 5.82 Å². The summed E-state index contributed by atoms with van der Waals surface area (Å²) in [4.78, 5) is 19.3. The van der Waals surface area contributed by atoms with Gasteiger partial charge >= 0.3 is 0 Å². The SMILES string of the molecule is COc1ccc(-c2cc(=O)n3cc(N4CCNCC4)ccc3n2)cc1F. The molecule has 4 rings (SSSR count). The van der Waals surface area contributed by atoms with E-state index in [9.17, 15) is 9.18 Å². The molecule has 7 heteroatoms. The summed E-state index contributed by atoms with van der Waals surface area (Å²) in [7, 11) is 1.41. The molecule has 0 saturated carbocycles. The van der Waals surface area contributed by atoms with Gasteiger partial charge in [0.25, 0.3) is 5.56 Å². The Morgan fingerprint density at radius 3 is 2.69 bits per heavy atom. The fraction of sp³-hybridized carbons (Fsp3) is 0.263. The predicted molar refractivity (Wildman–Crippen MR) is 98.5 cm³/mol. The van der Waals surface area contributed by atoms with Crippen molar-refractivity contribution in [1.29, 1.82) is 0 Å². The Morgan fingerprint density at radius 2 is 1.96 bits per heavy atom. The van der Waals surface area contributed by atoms with Crippen LogP contribution in [0.3, 0.4) is 0 Å². The van der Waals surface area contributed by atoms with Crippen molar-refractivity contribution < 1.29 is 9.13 Å². The topological polar surface area (TPSA) is 58.9 Å². The van der Waals surface area contributed by atoms with Gasteiger partial charge in [-0.2, -0.15) is 0 Å². The lowest BCUT2D eigenvalue weighted by Crippen LogP contribution is -2.43. The molecule has 0 aliphatic carbocycles. The van der Waals surface area contributed by atoms with Crippen LogP contribution < -0.4 is 20.5 Å². The first-order valence-electron chi connectivity index (χ1n) is 8.49. The number of methoxy groups -OCH3 is 1. The minimum atomic E-state index is -0.485. The number of nitrogens with zero attached hydrogens (tertiary/aromatic N) is 3. The number of benzene rings is 1. The first-order valence-corrected chi connectivity index (χ1v) is 8.49. The van der Waals surface area contributed by atoms with E-state index in [4.69, 9.17) is 4.74 Å². The lowest BCUT2D eigenvalue weighted by atomic mass is 10.1. The predicted octanol–water partition coefficient (Wildman–Crippen LogP) is 1.92. The molecule has 3 heterocycles. The molecular formula is C19H19FN4O2. The standard InChI is InChI=1S/C19H19FN4O2/c1-26-17-4-2-13(10-15(17)20)16-11-19(25)24-12-14(3-5-18(24)22-16)23-8-6-21-7-9-23/h2-5,10-12,21H,6-9H2,1H3. The van der Waals surface area contributed by atoms with Gasteiger partial charge in [-0.05, 0) is 30.3 Å². The molecule has 1 aliphatic rings. The summed E-state index contributed by atoms with van der Waals surface area (Å²) in [5, 5.41) is 3.31. The largest absolute Gasteiger partial charge is 0.494 e. The maximum Gasteiger partial charge on any atom is 0.258 e. The fourth-order valence-electron chi connectivity index (χ4n) is 3.18. The summed E-state index contributed by atoms with van der Waals surface area (Å²) in [5.41, 5.74) is 2.30. The highest BCUT2D eigenvalue weighted by atomic mass is 19.1. The Labute approximate surface area is 149 Å². The summed E-state index contributed by atoms with van der Waals surface area (Å²) in [6.07, 6.45) is 1.81. The number of pyridine rings is 1. The molecule has 0 bridgehead atoms. The monoisotopic (exact) mass is 354 g/mol. The molecule has 1 aromatic carbocycles. The second-order valence-corrected chi connectivity index (χ2v) is 6.18. The molecule has 1 fully saturated rings. The average Bonchev–Trinajstić information content (AvgIpc) is 2.68. The molecule has 1 N–H and O–H groups in total. The van der Waals surface area contributed by atoms with Gasteiger partial charge in [-0.15, -0.1) is 0 Å². The Hall–Kier alpha value is -2.93. The van der Waals surface area contributed by atoms with Crippen LogP contribution in [0.25, 0.3) is 16.9 Å². The Bertz CT molecular complexity index is 1010. The van der Waals surface area contributed by atoms with Crippen LogP contribution in [0.1, 0.15) is 0 Å². The minimum Gasteiger partial charge on any atom is -0.494 e. The first-order chi connectivity index (χ1) is 12.7. The molecule has 6 nitrogen and oxygen atoms in total. The van der Waals surface area contributed by atoms with Crippen molar-refractivity contribution >= 4 is 11.3 Å². The number of hydrogen-bond acceptors (Lipinski definition) is 5. The third-order valence-corrected chi connectivity index (χ3v) is 4.57. The van der Waals surface area contributed by atoms with E-state index in [1.54, 1.807) is 6.07 Å². The summed E-state index contributed by atoms with van der Waals surface area (Å²) in [6, 6.07) is 9.76. The van der Waals surface area contributed by atoms with Gasteiger partial charge in [-0.3, -0.25) is 9.20 Å². The number of halogens is 1. The van der Waals surface area contributed by atoms with Crippen molar-refractivity contribution in [2.24, 2.45) is 0 Å². The maximum atomic E-state index is 14.0. The second kappa shape index (κ2) is 6.76. The van der Waals surface area contributed by atoms with E-state index in [0.717, 1.165) is 31.9 Å². The summed E-state index contributed by atoms with van der Waals surface area (Å²) >= 11 is 0. The number of ether oxygens (including phenoxy) is 1. The second-order valence-electron chi connectivity index (χ2n) is 6.18. The molecule has 2 aromatic heterocycles. The van der Waals surface area contributed by atoms with Crippen LogP contribution in [-0.2, 0) is 0 Å². The molecule has 0 spiro atoms. The molecule has 0 unspecified atom stereocenters. The fourth-order valence-corrected chi connectivity index (χ4v) is 3.18.